The van der Waals surface area contributed by atoms with Crippen LogP contribution >= 0.6 is 0 Å². The molecule has 1 rings (SSSR count). The van der Waals surface area contributed by atoms with Crippen molar-refractivity contribution in [3.8, 4) is 0 Å². The topological polar surface area (TPSA) is 46.5 Å². The molecule has 0 aliphatic heterocycles. The largest absolute Gasteiger partial charge is 0.478 e. The second-order valence-corrected chi connectivity index (χ2v) is 3.41. The van der Waals surface area contributed by atoms with Crippen LogP contribution in [-0.4, -0.2) is 24.8 Å². The zero-order valence-corrected chi connectivity index (χ0v) is 8.90. The number of ether oxygens (including phenoxy) is 1. The number of carbonyl (C=O) groups is 1. The van der Waals surface area contributed by atoms with Crippen LogP contribution in [0.1, 0.15) is 28.8 Å². The van der Waals surface area contributed by atoms with Crippen molar-refractivity contribution in [3.63, 3.8) is 0 Å². The summed E-state index contributed by atoms with van der Waals surface area (Å²) >= 11 is 0. The van der Waals surface area contributed by atoms with E-state index >= 15 is 0 Å². The van der Waals surface area contributed by atoms with Gasteiger partial charge in [-0.1, -0.05) is 18.2 Å². The molecule has 1 aromatic carbocycles. The summed E-state index contributed by atoms with van der Waals surface area (Å²) in [6, 6.07) is 7.14. The van der Waals surface area contributed by atoms with E-state index in [0.717, 1.165) is 31.4 Å². The molecule has 0 aromatic heterocycles. The number of carboxylic acid groups (broad SMARTS) is 1. The quantitative estimate of drug-likeness (QED) is 0.730. The van der Waals surface area contributed by atoms with Crippen LogP contribution in [0.2, 0.25) is 0 Å². The molecule has 0 bridgehead atoms. The molecule has 0 saturated heterocycles. The second-order valence-electron chi connectivity index (χ2n) is 3.41. The van der Waals surface area contributed by atoms with E-state index in [1.165, 1.54) is 0 Å². The van der Waals surface area contributed by atoms with Crippen molar-refractivity contribution < 1.29 is 14.6 Å². The van der Waals surface area contributed by atoms with E-state index in [0.29, 0.717) is 5.56 Å². The van der Waals surface area contributed by atoms with Crippen molar-refractivity contribution in [2.75, 3.05) is 13.7 Å². The van der Waals surface area contributed by atoms with Crippen LogP contribution in [0.4, 0.5) is 0 Å². The van der Waals surface area contributed by atoms with Crippen LogP contribution in [0.15, 0.2) is 24.3 Å². The number of unbranched alkanes of at least 4 members (excludes halogenated alkanes) is 1. The van der Waals surface area contributed by atoms with E-state index in [1.807, 2.05) is 12.1 Å². The first-order chi connectivity index (χ1) is 7.25. The highest BCUT2D eigenvalue weighted by Gasteiger charge is 2.07. The minimum absolute atomic E-state index is 0.412. The highest BCUT2D eigenvalue weighted by molar-refractivity contribution is 5.89. The maximum Gasteiger partial charge on any atom is 0.335 e. The molecule has 0 heterocycles. The first-order valence-corrected chi connectivity index (χ1v) is 5.06. The molecular weight excluding hydrogens is 192 g/mol. The van der Waals surface area contributed by atoms with Crippen molar-refractivity contribution in [1.82, 2.24) is 0 Å². The Morgan fingerprint density at radius 2 is 2.07 bits per heavy atom. The van der Waals surface area contributed by atoms with Gasteiger partial charge in [0.1, 0.15) is 0 Å². The van der Waals surface area contributed by atoms with Gasteiger partial charge in [-0.2, -0.15) is 0 Å². The summed E-state index contributed by atoms with van der Waals surface area (Å²) in [5.41, 5.74) is 1.32. The Labute approximate surface area is 89.7 Å². The Morgan fingerprint density at radius 3 is 2.73 bits per heavy atom. The van der Waals surface area contributed by atoms with Crippen molar-refractivity contribution >= 4 is 5.97 Å². The lowest BCUT2D eigenvalue weighted by Gasteiger charge is -2.05. The average molecular weight is 208 g/mol. The summed E-state index contributed by atoms with van der Waals surface area (Å²) < 4.78 is 4.94. The SMILES string of the molecule is COCCCCc1ccccc1C(=O)O. The highest BCUT2D eigenvalue weighted by atomic mass is 16.5. The van der Waals surface area contributed by atoms with Gasteiger partial charge < -0.3 is 9.84 Å². The summed E-state index contributed by atoms with van der Waals surface area (Å²) in [7, 11) is 1.67. The highest BCUT2D eigenvalue weighted by Crippen LogP contribution is 2.12. The summed E-state index contributed by atoms with van der Waals surface area (Å²) in [6.45, 7) is 0.731. The lowest BCUT2D eigenvalue weighted by atomic mass is 10.0. The summed E-state index contributed by atoms with van der Waals surface area (Å²) in [6.07, 6.45) is 2.72. The third-order valence-corrected chi connectivity index (χ3v) is 2.29. The maximum atomic E-state index is 10.9. The van der Waals surface area contributed by atoms with Gasteiger partial charge in [0.25, 0.3) is 0 Å². The fraction of sp³-hybridized carbons (Fsp3) is 0.417. The van der Waals surface area contributed by atoms with Crippen LogP contribution in [0.25, 0.3) is 0 Å². The number of carboxylic acids is 1. The molecule has 0 fully saturated rings. The molecule has 0 aliphatic carbocycles. The second kappa shape index (κ2) is 6.19. The van der Waals surface area contributed by atoms with Crippen molar-refractivity contribution in [2.24, 2.45) is 0 Å². The van der Waals surface area contributed by atoms with Gasteiger partial charge in [-0.3, -0.25) is 0 Å². The number of aryl methyl sites for hydroxylation is 1. The number of benzene rings is 1. The Hall–Kier alpha value is -1.35. The van der Waals surface area contributed by atoms with Crippen LogP contribution in [0.3, 0.4) is 0 Å². The van der Waals surface area contributed by atoms with Gasteiger partial charge in [-0.05, 0) is 30.9 Å². The smallest absolute Gasteiger partial charge is 0.335 e. The van der Waals surface area contributed by atoms with Gasteiger partial charge in [0.15, 0.2) is 0 Å². The van der Waals surface area contributed by atoms with E-state index in [9.17, 15) is 4.79 Å². The lowest BCUT2D eigenvalue weighted by Crippen LogP contribution is -2.02. The predicted octanol–water partition coefficient (Wildman–Crippen LogP) is 2.35. The first kappa shape index (κ1) is 11.7. The van der Waals surface area contributed by atoms with Crippen molar-refractivity contribution in [2.45, 2.75) is 19.3 Å². The molecule has 0 atom stereocenters. The van der Waals surface area contributed by atoms with Gasteiger partial charge >= 0.3 is 5.97 Å². The fourth-order valence-corrected chi connectivity index (χ4v) is 1.51. The zero-order valence-electron chi connectivity index (χ0n) is 8.90. The maximum absolute atomic E-state index is 10.9. The van der Waals surface area contributed by atoms with E-state index in [1.54, 1.807) is 19.2 Å². The molecule has 1 aromatic rings. The van der Waals surface area contributed by atoms with Gasteiger partial charge in [-0.25, -0.2) is 4.79 Å². The predicted molar refractivity (Wildman–Crippen MR) is 58.2 cm³/mol. The number of aromatic carboxylic acids is 1. The minimum atomic E-state index is -0.850. The molecule has 0 radical (unpaired) electrons. The van der Waals surface area contributed by atoms with Crippen LogP contribution in [-0.2, 0) is 11.2 Å². The number of rotatable bonds is 6. The summed E-state index contributed by atoms with van der Waals surface area (Å²) in [5.74, 6) is -0.850. The fourth-order valence-electron chi connectivity index (χ4n) is 1.51. The van der Waals surface area contributed by atoms with Crippen LogP contribution < -0.4 is 0 Å². The third-order valence-electron chi connectivity index (χ3n) is 2.29. The summed E-state index contributed by atoms with van der Waals surface area (Å²) in [5, 5.41) is 8.94. The number of hydrogen-bond acceptors (Lipinski definition) is 2. The van der Waals surface area contributed by atoms with E-state index in [4.69, 9.17) is 9.84 Å². The lowest BCUT2D eigenvalue weighted by molar-refractivity contribution is 0.0695. The average Bonchev–Trinajstić information content (AvgIpc) is 2.25. The van der Waals surface area contributed by atoms with E-state index in [2.05, 4.69) is 0 Å². The third kappa shape index (κ3) is 3.72. The van der Waals surface area contributed by atoms with Gasteiger partial charge in [0, 0.05) is 13.7 Å². The molecule has 3 nitrogen and oxygen atoms in total. The zero-order chi connectivity index (χ0) is 11.1. The monoisotopic (exact) mass is 208 g/mol. The summed E-state index contributed by atoms with van der Waals surface area (Å²) in [4.78, 5) is 10.9. The molecule has 0 spiro atoms. The minimum Gasteiger partial charge on any atom is -0.478 e. The molecule has 82 valence electrons. The van der Waals surface area contributed by atoms with E-state index in [-0.39, 0.29) is 0 Å². The molecule has 0 aliphatic rings. The molecule has 3 heteroatoms. The van der Waals surface area contributed by atoms with Crippen molar-refractivity contribution in [1.29, 1.82) is 0 Å². The van der Waals surface area contributed by atoms with Gasteiger partial charge in [-0.15, -0.1) is 0 Å². The number of hydrogen-bond donors (Lipinski definition) is 1. The Kier molecular flexibility index (Phi) is 4.84. The Bertz CT molecular complexity index is 320. The molecule has 0 amide bonds. The van der Waals surface area contributed by atoms with Crippen LogP contribution in [0, 0.1) is 0 Å². The Morgan fingerprint density at radius 1 is 1.33 bits per heavy atom. The van der Waals surface area contributed by atoms with Gasteiger partial charge in [0.2, 0.25) is 0 Å². The normalized spacial score (nSPS) is 10.2. The molecule has 15 heavy (non-hydrogen) atoms. The van der Waals surface area contributed by atoms with Gasteiger partial charge in [0.05, 0.1) is 5.56 Å². The van der Waals surface area contributed by atoms with E-state index < -0.39 is 5.97 Å². The molecule has 0 saturated carbocycles. The Balaban J connectivity index is 2.56. The molecule has 1 N–H and O–H groups in total. The van der Waals surface area contributed by atoms with Crippen LogP contribution in [0.5, 0.6) is 0 Å². The molecular formula is C12H16O3. The standard InChI is InChI=1S/C12H16O3/c1-15-9-5-4-7-10-6-2-3-8-11(10)12(13)14/h2-3,6,8H,4-5,7,9H2,1H3,(H,13,14). The number of methoxy groups -OCH3 is 1. The first-order valence-electron chi connectivity index (χ1n) is 5.06. The van der Waals surface area contributed by atoms with Crippen molar-refractivity contribution in [3.05, 3.63) is 35.4 Å². The molecule has 0 unspecified atom stereocenters.